The highest BCUT2D eigenvalue weighted by molar-refractivity contribution is 5.83. The third-order valence-corrected chi connectivity index (χ3v) is 4.21. The average Bonchev–Trinajstić information content (AvgIpc) is 2.45. The molecular formula is C15H29N3O2. The summed E-state index contributed by atoms with van der Waals surface area (Å²) in [4.78, 5) is 25.4. The van der Waals surface area contributed by atoms with E-state index >= 15 is 0 Å². The van der Waals surface area contributed by atoms with Crippen LogP contribution in [0.4, 0.5) is 0 Å². The van der Waals surface area contributed by atoms with Gasteiger partial charge in [0.05, 0.1) is 0 Å². The number of amides is 2. The van der Waals surface area contributed by atoms with Crippen LogP contribution in [0, 0.1) is 5.41 Å². The summed E-state index contributed by atoms with van der Waals surface area (Å²) in [5, 5.41) is 6.32. The zero-order valence-electron chi connectivity index (χ0n) is 13.1. The first-order valence-electron chi connectivity index (χ1n) is 7.76. The Morgan fingerprint density at radius 2 is 1.75 bits per heavy atom. The minimum Gasteiger partial charge on any atom is -0.356 e. The topological polar surface area (TPSA) is 61.4 Å². The van der Waals surface area contributed by atoms with Crippen LogP contribution >= 0.6 is 0 Å². The Morgan fingerprint density at radius 3 is 2.30 bits per heavy atom. The summed E-state index contributed by atoms with van der Waals surface area (Å²) < 4.78 is 0. The van der Waals surface area contributed by atoms with Crippen molar-refractivity contribution in [2.45, 2.75) is 46.5 Å². The fourth-order valence-electron chi connectivity index (χ4n) is 2.56. The summed E-state index contributed by atoms with van der Waals surface area (Å²) in [7, 11) is 0. The number of hydrogen-bond acceptors (Lipinski definition) is 3. The predicted octanol–water partition coefficient (Wildman–Crippen LogP) is 1.14. The van der Waals surface area contributed by atoms with E-state index in [0.717, 1.165) is 25.9 Å². The molecule has 2 N–H and O–H groups in total. The second-order valence-corrected chi connectivity index (χ2v) is 5.90. The number of hydrogen-bond donors (Lipinski definition) is 2. The zero-order valence-corrected chi connectivity index (χ0v) is 13.1. The van der Waals surface area contributed by atoms with Crippen molar-refractivity contribution in [2.75, 3.05) is 32.7 Å². The molecule has 0 unspecified atom stereocenters. The van der Waals surface area contributed by atoms with Crippen LogP contribution in [0.25, 0.3) is 0 Å². The molecular weight excluding hydrogens is 254 g/mol. The summed E-state index contributed by atoms with van der Waals surface area (Å²) in [5.41, 5.74) is 0.198. The normalized spacial score (nSPS) is 17.6. The van der Waals surface area contributed by atoms with Gasteiger partial charge in [-0.25, -0.2) is 0 Å². The molecule has 0 aromatic heterocycles. The molecule has 0 bridgehead atoms. The molecule has 1 heterocycles. The highest BCUT2D eigenvalue weighted by Crippen LogP contribution is 2.26. The SMILES string of the molecule is CCN(CC)C(=O)CCC(=O)NCC1(C)CCNCC1. The Bertz CT molecular complexity index is 321. The Hall–Kier alpha value is -1.10. The smallest absolute Gasteiger partial charge is 0.223 e. The lowest BCUT2D eigenvalue weighted by Crippen LogP contribution is -2.43. The fourth-order valence-corrected chi connectivity index (χ4v) is 2.56. The first kappa shape index (κ1) is 17.0. The zero-order chi connectivity index (χ0) is 15.0. The Labute approximate surface area is 122 Å². The van der Waals surface area contributed by atoms with E-state index in [1.165, 1.54) is 0 Å². The van der Waals surface area contributed by atoms with Crippen molar-refractivity contribution >= 4 is 11.8 Å². The van der Waals surface area contributed by atoms with Crippen LogP contribution in [-0.4, -0.2) is 49.4 Å². The van der Waals surface area contributed by atoms with Crippen LogP contribution in [-0.2, 0) is 9.59 Å². The molecule has 20 heavy (non-hydrogen) atoms. The highest BCUT2D eigenvalue weighted by atomic mass is 16.2. The number of carbonyl (C=O) groups excluding carboxylic acids is 2. The summed E-state index contributed by atoms with van der Waals surface area (Å²) in [6, 6.07) is 0. The second kappa shape index (κ2) is 8.25. The van der Waals surface area contributed by atoms with Gasteiger partial charge in [-0.2, -0.15) is 0 Å². The lowest BCUT2D eigenvalue weighted by molar-refractivity contribution is -0.133. The third kappa shape index (κ3) is 5.49. The molecule has 0 spiro atoms. The van der Waals surface area contributed by atoms with Crippen LogP contribution < -0.4 is 10.6 Å². The molecule has 116 valence electrons. The minimum atomic E-state index is -0.00902. The van der Waals surface area contributed by atoms with Crippen molar-refractivity contribution in [3.05, 3.63) is 0 Å². The summed E-state index contributed by atoms with van der Waals surface area (Å²) in [6.45, 7) is 10.3. The van der Waals surface area contributed by atoms with Crippen molar-refractivity contribution < 1.29 is 9.59 Å². The molecule has 1 rings (SSSR count). The van der Waals surface area contributed by atoms with Crippen LogP contribution in [0.15, 0.2) is 0 Å². The van der Waals surface area contributed by atoms with Gasteiger partial charge < -0.3 is 15.5 Å². The summed E-state index contributed by atoms with van der Waals surface area (Å²) in [5.74, 6) is 0.0588. The third-order valence-electron chi connectivity index (χ3n) is 4.21. The summed E-state index contributed by atoms with van der Waals surface area (Å²) in [6.07, 6.45) is 2.78. The van der Waals surface area contributed by atoms with E-state index < -0.39 is 0 Å². The monoisotopic (exact) mass is 283 g/mol. The molecule has 0 aromatic rings. The van der Waals surface area contributed by atoms with Gasteiger partial charge in [-0.15, -0.1) is 0 Å². The minimum absolute atomic E-state index is 0.00902. The Morgan fingerprint density at radius 1 is 1.15 bits per heavy atom. The molecule has 2 amide bonds. The van der Waals surface area contributed by atoms with Gasteiger partial charge in [0.25, 0.3) is 0 Å². The molecule has 5 heteroatoms. The molecule has 1 saturated heterocycles. The number of piperidine rings is 1. The molecule has 0 atom stereocenters. The van der Waals surface area contributed by atoms with Gasteiger partial charge in [-0.3, -0.25) is 9.59 Å². The lowest BCUT2D eigenvalue weighted by atomic mass is 9.81. The molecule has 1 aliphatic heterocycles. The predicted molar refractivity (Wildman–Crippen MR) is 80.4 cm³/mol. The largest absolute Gasteiger partial charge is 0.356 e. The molecule has 0 radical (unpaired) electrons. The molecule has 5 nitrogen and oxygen atoms in total. The van der Waals surface area contributed by atoms with Gasteiger partial charge in [0.15, 0.2) is 0 Å². The number of rotatable bonds is 7. The van der Waals surface area contributed by atoms with Gasteiger partial charge >= 0.3 is 0 Å². The quantitative estimate of drug-likeness (QED) is 0.736. The van der Waals surface area contributed by atoms with Crippen LogP contribution in [0.5, 0.6) is 0 Å². The van der Waals surface area contributed by atoms with E-state index in [2.05, 4.69) is 17.6 Å². The number of nitrogens with zero attached hydrogens (tertiary/aromatic N) is 1. The van der Waals surface area contributed by atoms with Crippen LogP contribution in [0.2, 0.25) is 0 Å². The van der Waals surface area contributed by atoms with E-state index in [1.807, 2.05) is 13.8 Å². The molecule has 1 aliphatic rings. The molecule has 1 fully saturated rings. The van der Waals surface area contributed by atoms with E-state index in [1.54, 1.807) is 4.90 Å². The first-order chi connectivity index (χ1) is 9.50. The maximum atomic E-state index is 11.8. The van der Waals surface area contributed by atoms with Crippen molar-refractivity contribution in [3.8, 4) is 0 Å². The standard InChI is InChI=1S/C15H29N3O2/c1-4-18(5-2)14(20)7-6-13(19)17-12-15(3)8-10-16-11-9-15/h16H,4-12H2,1-3H3,(H,17,19). The van der Waals surface area contributed by atoms with E-state index in [4.69, 9.17) is 0 Å². The molecule has 0 aromatic carbocycles. The Balaban J connectivity index is 2.24. The van der Waals surface area contributed by atoms with E-state index in [9.17, 15) is 9.59 Å². The number of carbonyl (C=O) groups is 2. The number of nitrogens with one attached hydrogen (secondary N) is 2. The van der Waals surface area contributed by atoms with Crippen molar-refractivity contribution in [3.63, 3.8) is 0 Å². The van der Waals surface area contributed by atoms with Crippen molar-refractivity contribution in [2.24, 2.45) is 5.41 Å². The second-order valence-electron chi connectivity index (χ2n) is 5.90. The van der Waals surface area contributed by atoms with E-state index in [0.29, 0.717) is 32.5 Å². The maximum absolute atomic E-state index is 11.8. The van der Waals surface area contributed by atoms with Gasteiger partial charge in [0.1, 0.15) is 0 Å². The summed E-state index contributed by atoms with van der Waals surface area (Å²) >= 11 is 0. The van der Waals surface area contributed by atoms with Gasteiger partial charge in [0.2, 0.25) is 11.8 Å². The van der Waals surface area contributed by atoms with Gasteiger partial charge in [0, 0.05) is 32.5 Å². The molecule has 0 aliphatic carbocycles. The maximum Gasteiger partial charge on any atom is 0.223 e. The first-order valence-corrected chi connectivity index (χ1v) is 7.76. The molecule has 0 saturated carbocycles. The highest BCUT2D eigenvalue weighted by Gasteiger charge is 2.27. The average molecular weight is 283 g/mol. The van der Waals surface area contributed by atoms with Gasteiger partial charge in [-0.05, 0) is 45.2 Å². The van der Waals surface area contributed by atoms with Crippen LogP contribution in [0.1, 0.15) is 46.5 Å². The van der Waals surface area contributed by atoms with Crippen molar-refractivity contribution in [1.29, 1.82) is 0 Å². The van der Waals surface area contributed by atoms with Gasteiger partial charge in [-0.1, -0.05) is 6.92 Å². The van der Waals surface area contributed by atoms with Crippen molar-refractivity contribution in [1.82, 2.24) is 15.5 Å². The fraction of sp³-hybridized carbons (Fsp3) is 0.867. The lowest BCUT2D eigenvalue weighted by Gasteiger charge is -2.34. The van der Waals surface area contributed by atoms with Crippen LogP contribution in [0.3, 0.4) is 0 Å². The Kier molecular flexibility index (Phi) is 6.99. The van der Waals surface area contributed by atoms with E-state index in [-0.39, 0.29) is 17.2 Å².